The highest BCUT2D eigenvalue weighted by atomic mass is 16.7. The monoisotopic (exact) mass is 265 g/mol. The zero-order valence-electron chi connectivity index (χ0n) is 10.7. The molecule has 6 heteroatoms. The van der Waals surface area contributed by atoms with Crippen LogP contribution in [0.15, 0.2) is 18.2 Å². The summed E-state index contributed by atoms with van der Waals surface area (Å²) in [5, 5.41) is 11.5. The fourth-order valence-corrected chi connectivity index (χ4v) is 1.91. The Balaban J connectivity index is 2.17. The van der Waals surface area contributed by atoms with Gasteiger partial charge in [0, 0.05) is 5.54 Å². The molecule has 0 saturated carbocycles. The molecule has 0 fully saturated rings. The first-order chi connectivity index (χ1) is 8.89. The quantitative estimate of drug-likeness (QED) is 0.859. The van der Waals surface area contributed by atoms with Crippen LogP contribution in [0.1, 0.15) is 30.6 Å². The molecule has 1 aromatic rings. The molecule has 1 heterocycles. The molecule has 0 spiro atoms. The Kier molecular flexibility index (Phi) is 3.33. The van der Waals surface area contributed by atoms with E-state index in [1.807, 2.05) is 0 Å². The molecule has 2 N–H and O–H groups in total. The first kappa shape index (κ1) is 13.2. The van der Waals surface area contributed by atoms with Gasteiger partial charge in [-0.3, -0.25) is 9.59 Å². The summed E-state index contributed by atoms with van der Waals surface area (Å²) >= 11 is 0. The number of hydrogen-bond donors (Lipinski definition) is 2. The molecular formula is C13H15NO5. The summed E-state index contributed by atoms with van der Waals surface area (Å²) in [4.78, 5) is 22.9. The number of fused-ring (bicyclic) bond motifs is 1. The maximum atomic E-state index is 12.2. The van der Waals surface area contributed by atoms with Crippen molar-refractivity contribution >= 4 is 11.9 Å². The molecule has 0 aromatic heterocycles. The van der Waals surface area contributed by atoms with Crippen LogP contribution in [-0.4, -0.2) is 29.3 Å². The van der Waals surface area contributed by atoms with E-state index in [9.17, 15) is 9.59 Å². The molecule has 1 amide bonds. The van der Waals surface area contributed by atoms with Crippen molar-refractivity contribution in [3.05, 3.63) is 23.8 Å². The topological polar surface area (TPSA) is 84.9 Å². The summed E-state index contributed by atoms with van der Waals surface area (Å²) < 4.78 is 10.4. The Labute approximate surface area is 110 Å². The lowest BCUT2D eigenvalue weighted by Crippen LogP contribution is -2.45. The number of carboxylic acid groups (broad SMARTS) is 1. The van der Waals surface area contributed by atoms with Gasteiger partial charge < -0.3 is 19.9 Å². The van der Waals surface area contributed by atoms with Crippen LogP contribution in [0, 0.1) is 0 Å². The zero-order valence-corrected chi connectivity index (χ0v) is 10.7. The first-order valence-electron chi connectivity index (χ1n) is 5.82. The van der Waals surface area contributed by atoms with Gasteiger partial charge in [-0.15, -0.1) is 0 Å². The van der Waals surface area contributed by atoms with Gasteiger partial charge in [-0.2, -0.15) is 0 Å². The van der Waals surface area contributed by atoms with E-state index in [-0.39, 0.29) is 19.1 Å². The molecule has 1 aromatic carbocycles. The van der Waals surface area contributed by atoms with Crippen molar-refractivity contribution in [2.45, 2.75) is 25.8 Å². The molecular weight excluding hydrogens is 250 g/mol. The molecule has 0 bridgehead atoms. The predicted molar refractivity (Wildman–Crippen MR) is 66.4 cm³/mol. The largest absolute Gasteiger partial charge is 0.481 e. The molecule has 0 atom stereocenters. The lowest BCUT2D eigenvalue weighted by atomic mass is 10.00. The van der Waals surface area contributed by atoms with E-state index in [1.165, 1.54) is 0 Å². The minimum Gasteiger partial charge on any atom is -0.481 e. The van der Waals surface area contributed by atoms with Crippen molar-refractivity contribution in [3.63, 3.8) is 0 Å². The number of ether oxygens (including phenoxy) is 2. The fraction of sp³-hybridized carbons (Fsp3) is 0.385. The molecule has 2 rings (SSSR count). The molecule has 1 aliphatic heterocycles. The molecule has 0 saturated heterocycles. The second-order valence-corrected chi connectivity index (χ2v) is 4.95. The Morgan fingerprint density at radius 3 is 2.79 bits per heavy atom. The number of benzene rings is 1. The van der Waals surface area contributed by atoms with Crippen LogP contribution in [0.5, 0.6) is 11.5 Å². The van der Waals surface area contributed by atoms with Gasteiger partial charge in [-0.25, -0.2) is 0 Å². The van der Waals surface area contributed by atoms with Gasteiger partial charge in [0.2, 0.25) is 6.79 Å². The van der Waals surface area contributed by atoms with E-state index in [0.717, 1.165) is 0 Å². The molecule has 1 aliphatic rings. The Morgan fingerprint density at radius 1 is 1.37 bits per heavy atom. The molecule has 0 radical (unpaired) electrons. The molecule has 0 aliphatic carbocycles. The number of carboxylic acids is 1. The number of hydrogen-bond acceptors (Lipinski definition) is 4. The summed E-state index contributed by atoms with van der Waals surface area (Å²) in [6, 6.07) is 5.01. The number of nitrogens with one attached hydrogen (secondary N) is 1. The summed E-state index contributed by atoms with van der Waals surface area (Å²) in [5.41, 5.74) is -0.501. The smallest absolute Gasteiger partial charge is 0.305 e. The average molecular weight is 265 g/mol. The minimum absolute atomic E-state index is 0.0815. The highest BCUT2D eigenvalue weighted by Gasteiger charge is 2.28. The van der Waals surface area contributed by atoms with Crippen LogP contribution >= 0.6 is 0 Å². The van der Waals surface area contributed by atoms with Gasteiger partial charge in [0.15, 0.2) is 11.5 Å². The van der Waals surface area contributed by atoms with E-state index in [2.05, 4.69) is 5.32 Å². The van der Waals surface area contributed by atoms with Crippen molar-refractivity contribution < 1.29 is 24.2 Å². The van der Waals surface area contributed by atoms with Gasteiger partial charge >= 0.3 is 5.97 Å². The Bertz CT molecular complexity index is 524. The number of carbonyl (C=O) groups excluding carboxylic acids is 1. The van der Waals surface area contributed by atoms with E-state index >= 15 is 0 Å². The summed E-state index contributed by atoms with van der Waals surface area (Å²) in [7, 11) is 0. The van der Waals surface area contributed by atoms with Crippen LogP contribution in [0.25, 0.3) is 0 Å². The molecule has 102 valence electrons. The van der Waals surface area contributed by atoms with Crippen molar-refractivity contribution in [2.75, 3.05) is 6.79 Å². The third-order valence-corrected chi connectivity index (χ3v) is 2.69. The number of rotatable bonds is 4. The second-order valence-electron chi connectivity index (χ2n) is 4.95. The second kappa shape index (κ2) is 4.79. The standard InChI is InChI=1S/C13H15NO5/c1-13(2,6-10(15)16)14-12(17)8-4-3-5-9-11(8)19-7-18-9/h3-5H,6-7H2,1-2H3,(H,14,17)(H,15,16). The zero-order chi connectivity index (χ0) is 14.0. The maximum absolute atomic E-state index is 12.2. The summed E-state index contributed by atoms with van der Waals surface area (Å²) in [6.45, 7) is 3.39. The third-order valence-electron chi connectivity index (χ3n) is 2.69. The van der Waals surface area contributed by atoms with E-state index < -0.39 is 11.5 Å². The van der Waals surface area contributed by atoms with Crippen molar-refractivity contribution in [1.29, 1.82) is 0 Å². The lowest BCUT2D eigenvalue weighted by Gasteiger charge is -2.24. The van der Waals surface area contributed by atoms with Gasteiger partial charge in [0.1, 0.15) is 0 Å². The van der Waals surface area contributed by atoms with Crippen LogP contribution in [0.4, 0.5) is 0 Å². The first-order valence-corrected chi connectivity index (χ1v) is 5.82. The van der Waals surface area contributed by atoms with E-state index in [1.54, 1.807) is 32.0 Å². The van der Waals surface area contributed by atoms with Crippen molar-refractivity contribution in [3.8, 4) is 11.5 Å². The van der Waals surface area contributed by atoms with Crippen LogP contribution in [0.3, 0.4) is 0 Å². The van der Waals surface area contributed by atoms with Gasteiger partial charge in [0.05, 0.1) is 12.0 Å². The van der Waals surface area contributed by atoms with Crippen LogP contribution in [-0.2, 0) is 4.79 Å². The third kappa shape index (κ3) is 2.96. The van der Waals surface area contributed by atoms with Crippen molar-refractivity contribution in [1.82, 2.24) is 5.32 Å². The fourth-order valence-electron chi connectivity index (χ4n) is 1.91. The van der Waals surface area contributed by atoms with E-state index in [4.69, 9.17) is 14.6 Å². The number of amides is 1. The highest BCUT2D eigenvalue weighted by molar-refractivity contribution is 5.98. The molecule has 0 unspecified atom stereocenters. The number of carbonyl (C=O) groups is 2. The minimum atomic E-state index is -0.969. The van der Waals surface area contributed by atoms with Gasteiger partial charge in [0.25, 0.3) is 5.91 Å². The number of para-hydroxylation sites is 1. The highest BCUT2D eigenvalue weighted by Crippen LogP contribution is 2.35. The van der Waals surface area contributed by atoms with Crippen LogP contribution < -0.4 is 14.8 Å². The normalized spacial score (nSPS) is 13.2. The van der Waals surface area contributed by atoms with Crippen LogP contribution in [0.2, 0.25) is 0 Å². The lowest BCUT2D eigenvalue weighted by molar-refractivity contribution is -0.138. The summed E-state index contributed by atoms with van der Waals surface area (Å²) in [5.74, 6) is -0.438. The Hall–Kier alpha value is -2.24. The predicted octanol–water partition coefficient (Wildman–Crippen LogP) is 1.40. The average Bonchev–Trinajstić information content (AvgIpc) is 2.73. The van der Waals surface area contributed by atoms with Crippen molar-refractivity contribution in [2.24, 2.45) is 0 Å². The number of aliphatic carboxylic acids is 1. The van der Waals surface area contributed by atoms with E-state index in [0.29, 0.717) is 17.1 Å². The van der Waals surface area contributed by atoms with Gasteiger partial charge in [-0.05, 0) is 26.0 Å². The summed E-state index contributed by atoms with van der Waals surface area (Å²) in [6.07, 6.45) is -0.162. The molecule has 19 heavy (non-hydrogen) atoms. The Morgan fingerprint density at radius 2 is 2.11 bits per heavy atom. The molecule has 6 nitrogen and oxygen atoms in total. The SMILES string of the molecule is CC(C)(CC(=O)O)NC(=O)c1cccc2c1OCO2. The maximum Gasteiger partial charge on any atom is 0.305 e. The van der Waals surface area contributed by atoms with Gasteiger partial charge in [-0.1, -0.05) is 6.07 Å².